The Morgan fingerprint density at radius 1 is 0.688 bits per heavy atom. The van der Waals surface area contributed by atoms with Crippen molar-refractivity contribution in [2.75, 3.05) is 0 Å². The molecule has 0 atom stereocenters. The summed E-state index contributed by atoms with van der Waals surface area (Å²) in [5, 5.41) is 1.25. The van der Waals surface area contributed by atoms with Gasteiger partial charge in [-0.05, 0) is 47.5 Å². The van der Waals surface area contributed by atoms with Gasteiger partial charge >= 0.3 is 0 Å². The summed E-state index contributed by atoms with van der Waals surface area (Å²) in [6.07, 6.45) is 0. The Bertz CT molecular complexity index is 564. The van der Waals surface area contributed by atoms with Crippen LogP contribution in [-0.4, -0.2) is 5.78 Å². The standard InChI is InChI=1S/C13H6Cl2O/c14-7-1-3-9-11(5-7)12-6-8(15)2-4-10(12)13(9)16/h1-6H. The van der Waals surface area contributed by atoms with Crippen molar-refractivity contribution >= 4 is 29.0 Å². The number of fused-ring (bicyclic) bond motifs is 3. The monoisotopic (exact) mass is 248 g/mol. The van der Waals surface area contributed by atoms with E-state index in [1.807, 2.05) is 0 Å². The maximum absolute atomic E-state index is 12.0. The molecule has 0 amide bonds. The van der Waals surface area contributed by atoms with Gasteiger partial charge in [0, 0.05) is 21.2 Å². The first-order valence-corrected chi connectivity index (χ1v) is 5.56. The first-order chi connectivity index (χ1) is 7.66. The molecule has 3 heteroatoms. The van der Waals surface area contributed by atoms with Crippen LogP contribution in [0.1, 0.15) is 15.9 Å². The number of halogens is 2. The number of hydrogen-bond donors (Lipinski definition) is 0. The van der Waals surface area contributed by atoms with Crippen LogP contribution in [-0.2, 0) is 0 Å². The zero-order valence-electron chi connectivity index (χ0n) is 8.13. The van der Waals surface area contributed by atoms with Crippen molar-refractivity contribution in [1.29, 1.82) is 0 Å². The minimum atomic E-state index is 0.0401. The van der Waals surface area contributed by atoms with Gasteiger partial charge in [0.15, 0.2) is 5.78 Å². The van der Waals surface area contributed by atoms with Crippen LogP contribution in [0.15, 0.2) is 36.4 Å². The summed E-state index contributed by atoms with van der Waals surface area (Å²) in [5.41, 5.74) is 3.13. The van der Waals surface area contributed by atoms with Gasteiger partial charge in [-0.2, -0.15) is 0 Å². The van der Waals surface area contributed by atoms with Gasteiger partial charge < -0.3 is 0 Å². The summed E-state index contributed by atoms with van der Waals surface area (Å²) in [5.74, 6) is 0.0401. The quantitative estimate of drug-likeness (QED) is 0.583. The van der Waals surface area contributed by atoms with Crippen LogP contribution >= 0.6 is 23.2 Å². The third-order valence-electron chi connectivity index (χ3n) is 2.74. The molecule has 0 unspecified atom stereocenters. The SMILES string of the molecule is O=C1c2ccc(Cl)cc2-c2cc(Cl)ccc21. The average Bonchev–Trinajstić information content (AvgIpc) is 2.52. The lowest BCUT2D eigenvalue weighted by atomic mass is 10.1. The molecule has 0 saturated carbocycles. The molecule has 0 N–H and O–H groups in total. The van der Waals surface area contributed by atoms with E-state index in [-0.39, 0.29) is 5.78 Å². The van der Waals surface area contributed by atoms with Crippen LogP contribution in [0.4, 0.5) is 0 Å². The number of rotatable bonds is 0. The second kappa shape index (κ2) is 3.34. The van der Waals surface area contributed by atoms with Crippen LogP contribution in [0.3, 0.4) is 0 Å². The highest BCUT2D eigenvalue weighted by Crippen LogP contribution is 2.39. The maximum Gasteiger partial charge on any atom is 0.194 e. The number of carbonyl (C=O) groups is 1. The molecule has 2 aromatic carbocycles. The van der Waals surface area contributed by atoms with E-state index in [9.17, 15) is 4.79 Å². The third-order valence-corrected chi connectivity index (χ3v) is 3.21. The van der Waals surface area contributed by atoms with E-state index in [1.165, 1.54) is 0 Å². The molecule has 16 heavy (non-hydrogen) atoms. The molecule has 1 nitrogen and oxygen atoms in total. The molecule has 1 aliphatic rings. The Hall–Kier alpha value is -1.31. The van der Waals surface area contributed by atoms with Gasteiger partial charge in [-0.15, -0.1) is 0 Å². The average molecular weight is 249 g/mol. The predicted octanol–water partition coefficient (Wildman–Crippen LogP) is 4.20. The maximum atomic E-state index is 12.0. The molecule has 0 heterocycles. The molecule has 2 aromatic rings. The number of carbonyl (C=O) groups excluding carboxylic acids is 1. The van der Waals surface area contributed by atoms with E-state index in [1.54, 1.807) is 36.4 Å². The second-order valence-electron chi connectivity index (χ2n) is 3.71. The van der Waals surface area contributed by atoms with Gasteiger partial charge in [-0.1, -0.05) is 23.2 Å². The molecule has 0 aromatic heterocycles. The minimum absolute atomic E-state index is 0.0401. The van der Waals surface area contributed by atoms with Gasteiger partial charge in [-0.25, -0.2) is 0 Å². The molecule has 0 bridgehead atoms. The van der Waals surface area contributed by atoms with Crippen molar-refractivity contribution in [3.05, 3.63) is 57.6 Å². The highest BCUT2D eigenvalue weighted by molar-refractivity contribution is 6.33. The Morgan fingerprint density at radius 2 is 1.12 bits per heavy atom. The lowest BCUT2D eigenvalue weighted by molar-refractivity contribution is 0.104. The van der Waals surface area contributed by atoms with Crippen molar-refractivity contribution in [3.63, 3.8) is 0 Å². The number of hydrogen-bond acceptors (Lipinski definition) is 1. The summed E-state index contributed by atoms with van der Waals surface area (Å²) in [4.78, 5) is 12.0. The van der Waals surface area contributed by atoms with E-state index in [0.29, 0.717) is 21.2 Å². The topological polar surface area (TPSA) is 17.1 Å². The Balaban J connectivity index is 2.37. The summed E-state index contributed by atoms with van der Waals surface area (Å²) in [6.45, 7) is 0. The van der Waals surface area contributed by atoms with Crippen molar-refractivity contribution in [1.82, 2.24) is 0 Å². The normalized spacial score (nSPS) is 12.5. The van der Waals surface area contributed by atoms with Crippen LogP contribution in [0.2, 0.25) is 10.0 Å². The predicted molar refractivity (Wildman–Crippen MR) is 65.3 cm³/mol. The molecule has 0 aliphatic heterocycles. The fourth-order valence-corrected chi connectivity index (χ4v) is 2.36. The molecule has 0 fully saturated rings. The molecule has 78 valence electrons. The Morgan fingerprint density at radius 3 is 1.56 bits per heavy atom. The van der Waals surface area contributed by atoms with Gasteiger partial charge in [0.2, 0.25) is 0 Å². The van der Waals surface area contributed by atoms with Gasteiger partial charge in [0.25, 0.3) is 0 Å². The summed E-state index contributed by atoms with van der Waals surface area (Å²) < 4.78 is 0. The summed E-state index contributed by atoms with van der Waals surface area (Å²) >= 11 is 11.9. The van der Waals surface area contributed by atoms with E-state index >= 15 is 0 Å². The van der Waals surface area contributed by atoms with Crippen molar-refractivity contribution in [2.45, 2.75) is 0 Å². The van der Waals surface area contributed by atoms with E-state index in [2.05, 4.69) is 0 Å². The van der Waals surface area contributed by atoms with Crippen LogP contribution < -0.4 is 0 Å². The van der Waals surface area contributed by atoms with Gasteiger partial charge in [0.1, 0.15) is 0 Å². The lowest BCUT2D eigenvalue weighted by Gasteiger charge is -2.00. The minimum Gasteiger partial charge on any atom is -0.289 e. The molecule has 0 spiro atoms. The van der Waals surface area contributed by atoms with Crippen LogP contribution in [0.5, 0.6) is 0 Å². The van der Waals surface area contributed by atoms with Crippen LogP contribution in [0, 0.1) is 0 Å². The fraction of sp³-hybridized carbons (Fsp3) is 0. The first-order valence-electron chi connectivity index (χ1n) is 4.81. The van der Waals surface area contributed by atoms with Crippen molar-refractivity contribution in [3.8, 4) is 11.1 Å². The number of ketones is 1. The highest BCUT2D eigenvalue weighted by atomic mass is 35.5. The Kier molecular flexibility index (Phi) is 2.06. The molecular weight excluding hydrogens is 243 g/mol. The smallest absolute Gasteiger partial charge is 0.194 e. The van der Waals surface area contributed by atoms with E-state index in [0.717, 1.165) is 11.1 Å². The van der Waals surface area contributed by atoms with Crippen molar-refractivity contribution < 1.29 is 4.79 Å². The molecule has 1 aliphatic carbocycles. The lowest BCUT2D eigenvalue weighted by Crippen LogP contribution is -1.94. The van der Waals surface area contributed by atoms with Crippen LogP contribution in [0.25, 0.3) is 11.1 Å². The Labute approximate surface area is 103 Å². The second-order valence-corrected chi connectivity index (χ2v) is 4.58. The molecular formula is C13H6Cl2O. The summed E-state index contributed by atoms with van der Waals surface area (Å²) in [6, 6.07) is 10.6. The number of benzene rings is 2. The zero-order valence-corrected chi connectivity index (χ0v) is 9.64. The zero-order chi connectivity index (χ0) is 11.3. The highest BCUT2D eigenvalue weighted by Gasteiger charge is 2.26. The molecule has 0 saturated heterocycles. The van der Waals surface area contributed by atoms with E-state index in [4.69, 9.17) is 23.2 Å². The van der Waals surface area contributed by atoms with Gasteiger partial charge in [-0.3, -0.25) is 4.79 Å². The largest absolute Gasteiger partial charge is 0.289 e. The first kappa shape index (κ1) is 9.88. The third kappa shape index (κ3) is 1.29. The summed E-state index contributed by atoms with van der Waals surface area (Å²) in [7, 11) is 0. The van der Waals surface area contributed by atoms with Crippen molar-refractivity contribution in [2.24, 2.45) is 0 Å². The van der Waals surface area contributed by atoms with E-state index < -0.39 is 0 Å². The molecule has 0 radical (unpaired) electrons. The van der Waals surface area contributed by atoms with Gasteiger partial charge in [0.05, 0.1) is 0 Å². The molecule has 3 rings (SSSR count). The fourth-order valence-electron chi connectivity index (χ4n) is 2.02.